The Morgan fingerprint density at radius 2 is 1.64 bits per heavy atom. The first-order chi connectivity index (χ1) is 13.6. The van der Waals surface area contributed by atoms with Crippen LogP contribution in [0.1, 0.15) is 25.7 Å². The van der Waals surface area contributed by atoms with Gasteiger partial charge in [-0.05, 0) is 17.7 Å². The molecule has 0 aliphatic carbocycles. The van der Waals surface area contributed by atoms with Crippen LogP contribution in [0.2, 0.25) is 0 Å². The number of Topliss-reactive ketones (excluding diaryl/α,β-unsaturated/α-hetero) is 1. The molecule has 1 heterocycles. The van der Waals surface area contributed by atoms with Gasteiger partial charge in [0.25, 0.3) is 0 Å². The predicted molar refractivity (Wildman–Crippen MR) is 111 cm³/mol. The first-order valence-electron chi connectivity index (χ1n) is 8.84. The van der Waals surface area contributed by atoms with Gasteiger partial charge in [0.15, 0.2) is 6.61 Å². The summed E-state index contributed by atoms with van der Waals surface area (Å²) in [6.45, 7) is 1.47. The number of ether oxygens (including phenoxy) is 1. The standard InChI is InChI=1S/C23H17NO3S/c1-15-21(28-22(24-15)17-9-3-2-4-10-17)23(26)27-14-20(25)19-13-7-11-16-8-5-6-12-18(16)19/h2-13H,14H2,1H3. The molecule has 0 N–H and O–H groups in total. The summed E-state index contributed by atoms with van der Waals surface area (Å²) < 4.78 is 5.31. The Labute approximate surface area is 166 Å². The molecule has 4 aromatic rings. The summed E-state index contributed by atoms with van der Waals surface area (Å²) in [5.41, 5.74) is 2.10. The number of ketones is 1. The van der Waals surface area contributed by atoms with Crippen molar-refractivity contribution >= 4 is 33.9 Å². The van der Waals surface area contributed by atoms with E-state index in [1.54, 1.807) is 13.0 Å². The minimum Gasteiger partial charge on any atom is -0.453 e. The van der Waals surface area contributed by atoms with Crippen molar-refractivity contribution in [1.82, 2.24) is 4.98 Å². The van der Waals surface area contributed by atoms with Gasteiger partial charge in [-0.25, -0.2) is 9.78 Å². The lowest BCUT2D eigenvalue weighted by molar-refractivity contribution is 0.0479. The van der Waals surface area contributed by atoms with E-state index >= 15 is 0 Å². The summed E-state index contributed by atoms with van der Waals surface area (Å²) >= 11 is 1.27. The van der Waals surface area contributed by atoms with Gasteiger partial charge in [-0.2, -0.15) is 0 Å². The van der Waals surface area contributed by atoms with Crippen LogP contribution in [0.4, 0.5) is 0 Å². The number of thiazole rings is 1. The zero-order valence-corrected chi connectivity index (χ0v) is 16.0. The second-order valence-electron chi connectivity index (χ2n) is 6.33. The molecular formula is C23H17NO3S. The van der Waals surface area contributed by atoms with Crippen LogP contribution in [0.25, 0.3) is 21.3 Å². The molecule has 4 rings (SSSR count). The molecule has 0 fully saturated rings. The summed E-state index contributed by atoms with van der Waals surface area (Å²) in [7, 11) is 0. The topological polar surface area (TPSA) is 56.3 Å². The fraction of sp³-hybridized carbons (Fsp3) is 0.0870. The molecule has 0 saturated heterocycles. The third-order valence-corrected chi connectivity index (χ3v) is 5.61. The fourth-order valence-corrected chi connectivity index (χ4v) is 4.00. The minimum atomic E-state index is -0.522. The van der Waals surface area contributed by atoms with Gasteiger partial charge >= 0.3 is 5.97 Å². The first kappa shape index (κ1) is 18.1. The van der Waals surface area contributed by atoms with Gasteiger partial charge in [0.05, 0.1) is 5.69 Å². The predicted octanol–water partition coefficient (Wildman–Crippen LogP) is 5.31. The third kappa shape index (κ3) is 3.57. The minimum absolute atomic E-state index is 0.226. The molecular weight excluding hydrogens is 370 g/mol. The second-order valence-corrected chi connectivity index (χ2v) is 7.32. The zero-order valence-electron chi connectivity index (χ0n) is 15.2. The quantitative estimate of drug-likeness (QED) is 0.344. The number of rotatable bonds is 5. The van der Waals surface area contributed by atoms with Crippen LogP contribution in [-0.4, -0.2) is 23.3 Å². The molecule has 1 aromatic heterocycles. The van der Waals surface area contributed by atoms with E-state index in [1.807, 2.05) is 66.7 Å². The fourth-order valence-electron chi connectivity index (χ4n) is 3.03. The van der Waals surface area contributed by atoms with Crippen molar-refractivity contribution in [3.8, 4) is 10.6 Å². The molecule has 0 aliphatic rings. The number of esters is 1. The van der Waals surface area contributed by atoms with E-state index in [-0.39, 0.29) is 12.4 Å². The van der Waals surface area contributed by atoms with E-state index < -0.39 is 5.97 Å². The molecule has 0 bridgehead atoms. The van der Waals surface area contributed by atoms with Crippen molar-refractivity contribution in [3.05, 3.63) is 88.9 Å². The Kier molecular flexibility index (Phi) is 5.00. The van der Waals surface area contributed by atoms with Crippen LogP contribution in [0.5, 0.6) is 0 Å². The number of benzene rings is 3. The van der Waals surface area contributed by atoms with E-state index in [0.29, 0.717) is 16.1 Å². The lowest BCUT2D eigenvalue weighted by Gasteiger charge is -2.06. The summed E-state index contributed by atoms with van der Waals surface area (Å²) in [5.74, 6) is -0.749. The van der Waals surface area contributed by atoms with Crippen LogP contribution >= 0.6 is 11.3 Å². The Morgan fingerprint density at radius 3 is 2.46 bits per heavy atom. The molecule has 138 valence electrons. The number of nitrogens with zero attached hydrogens (tertiary/aromatic N) is 1. The van der Waals surface area contributed by atoms with Gasteiger partial charge in [-0.1, -0.05) is 72.8 Å². The van der Waals surface area contributed by atoms with Crippen molar-refractivity contribution in [2.45, 2.75) is 6.92 Å². The summed E-state index contributed by atoms with van der Waals surface area (Å²) in [5, 5.41) is 2.59. The number of aryl methyl sites for hydroxylation is 1. The van der Waals surface area contributed by atoms with E-state index in [1.165, 1.54) is 11.3 Å². The van der Waals surface area contributed by atoms with E-state index in [9.17, 15) is 9.59 Å². The highest BCUT2D eigenvalue weighted by atomic mass is 32.1. The van der Waals surface area contributed by atoms with Crippen LogP contribution in [-0.2, 0) is 4.74 Å². The van der Waals surface area contributed by atoms with Gasteiger partial charge in [0.2, 0.25) is 5.78 Å². The number of fused-ring (bicyclic) bond motifs is 1. The number of carbonyl (C=O) groups is 2. The van der Waals surface area contributed by atoms with Crippen LogP contribution in [0.15, 0.2) is 72.8 Å². The monoisotopic (exact) mass is 387 g/mol. The molecule has 0 atom stereocenters. The maximum absolute atomic E-state index is 12.6. The van der Waals surface area contributed by atoms with Gasteiger partial charge in [-0.15, -0.1) is 11.3 Å². The number of carbonyl (C=O) groups excluding carboxylic acids is 2. The summed E-state index contributed by atoms with van der Waals surface area (Å²) in [6, 6.07) is 22.8. The van der Waals surface area contributed by atoms with Crippen molar-refractivity contribution in [2.24, 2.45) is 0 Å². The van der Waals surface area contributed by atoms with Gasteiger partial charge in [0.1, 0.15) is 9.88 Å². The molecule has 0 saturated carbocycles. The highest BCUT2D eigenvalue weighted by Gasteiger charge is 2.19. The largest absolute Gasteiger partial charge is 0.453 e. The zero-order chi connectivity index (χ0) is 19.5. The second kappa shape index (κ2) is 7.74. The lowest BCUT2D eigenvalue weighted by Crippen LogP contribution is -2.14. The number of hydrogen-bond donors (Lipinski definition) is 0. The molecule has 0 radical (unpaired) electrons. The smallest absolute Gasteiger partial charge is 0.350 e. The van der Waals surface area contributed by atoms with E-state index in [2.05, 4.69) is 4.98 Å². The van der Waals surface area contributed by atoms with Gasteiger partial charge < -0.3 is 4.74 Å². The van der Waals surface area contributed by atoms with Crippen molar-refractivity contribution in [1.29, 1.82) is 0 Å². The van der Waals surface area contributed by atoms with Crippen molar-refractivity contribution in [3.63, 3.8) is 0 Å². The van der Waals surface area contributed by atoms with Gasteiger partial charge in [0, 0.05) is 11.1 Å². The molecule has 3 aromatic carbocycles. The Balaban J connectivity index is 1.50. The first-order valence-corrected chi connectivity index (χ1v) is 9.66. The molecule has 0 spiro atoms. The number of hydrogen-bond acceptors (Lipinski definition) is 5. The molecule has 0 amide bonds. The molecule has 0 unspecified atom stereocenters. The maximum atomic E-state index is 12.6. The molecule has 0 aliphatic heterocycles. The maximum Gasteiger partial charge on any atom is 0.350 e. The third-order valence-electron chi connectivity index (χ3n) is 4.43. The summed E-state index contributed by atoms with van der Waals surface area (Å²) in [6.07, 6.45) is 0. The lowest BCUT2D eigenvalue weighted by atomic mass is 10.0. The van der Waals surface area contributed by atoms with Crippen LogP contribution in [0.3, 0.4) is 0 Å². The average Bonchev–Trinajstić information content (AvgIpc) is 3.14. The Bertz CT molecular complexity index is 1160. The Hall–Kier alpha value is -3.31. The average molecular weight is 387 g/mol. The highest BCUT2D eigenvalue weighted by molar-refractivity contribution is 7.17. The molecule has 5 heteroatoms. The van der Waals surface area contributed by atoms with Crippen molar-refractivity contribution < 1.29 is 14.3 Å². The van der Waals surface area contributed by atoms with Crippen molar-refractivity contribution in [2.75, 3.05) is 6.61 Å². The molecule has 4 nitrogen and oxygen atoms in total. The van der Waals surface area contributed by atoms with Crippen LogP contribution in [0, 0.1) is 6.92 Å². The van der Waals surface area contributed by atoms with E-state index in [0.717, 1.165) is 21.3 Å². The van der Waals surface area contributed by atoms with E-state index in [4.69, 9.17) is 4.74 Å². The molecule has 28 heavy (non-hydrogen) atoms. The Morgan fingerprint density at radius 1 is 0.929 bits per heavy atom. The normalized spacial score (nSPS) is 10.8. The summed E-state index contributed by atoms with van der Waals surface area (Å²) in [4.78, 5) is 30.0. The SMILES string of the molecule is Cc1nc(-c2ccccc2)sc1C(=O)OCC(=O)c1cccc2ccccc12. The van der Waals surface area contributed by atoms with Crippen LogP contribution < -0.4 is 0 Å². The highest BCUT2D eigenvalue weighted by Crippen LogP contribution is 2.28. The van der Waals surface area contributed by atoms with Gasteiger partial charge in [-0.3, -0.25) is 4.79 Å². The number of aromatic nitrogens is 1.